The number of rotatable bonds is 4. The van der Waals surface area contributed by atoms with Crippen molar-refractivity contribution in [1.29, 1.82) is 0 Å². The van der Waals surface area contributed by atoms with Gasteiger partial charge in [-0.15, -0.1) is 0 Å². The number of hydrogen-bond donors (Lipinski definition) is 3. The van der Waals surface area contributed by atoms with Crippen LogP contribution in [0.5, 0.6) is 0 Å². The fraction of sp³-hybridized carbons (Fsp3) is 0.222. The first-order chi connectivity index (χ1) is 8.27. The number of halogens is 1. The molecule has 0 radical (unpaired) electrons. The molecule has 18 heavy (non-hydrogen) atoms. The second kappa shape index (κ2) is 5.42. The summed E-state index contributed by atoms with van der Waals surface area (Å²) in [7, 11) is -0.910. The predicted molar refractivity (Wildman–Crippen MR) is 70.2 cm³/mol. The highest BCUT2D eigenvalue weighted by molar-refractivity contribution is 7.90. The Bertz CT molecular complexity index is 571. The Balaban J connectivity index is 3.18. The van der Waals surface area contributed by atoms with E-state index >= 15 is 0 Å². The standard InChI is InChI=1S/C9H13ClN4O3S/c1-14(2)18(16,17)13-8-5-6(9(11)12-15)3-4-7(8)10/h3-5,13,15H,1-2H3,(H2,11,12). The van der Waals surface area contributed by atoms with E-state index in [-0.39, 0.29) is 16.5 Å². The summed E-state index contributed by atoms with van der Waals surface area (Å²) in [5.74, 6) is -0.142. The van der Waals surface area contributed by atoms with Gasteiger partial charge in [0.25, 0.3) is 0 Å². The number of nitrogens with one attached hydrogen (secondary N) is 1. The summed E-state index contributed by atoms with van der Waals surface area (Å²) in [6.45, 7) is 0. The van der Waals surface area contributed by atoms with Crippen LogP contribution in [0.3, 0.4) is 0 Å². The fourth-order valence-corrected chi connectivity index (χ4v) is 1.90. The maximum absolute atomic E-state index is 11.6. The first kappa shape index (κ1) is 14.6. The molecule has 0 saturated heterocycles. The molecule has 0 aromatic heterocycles. The van der Waals surface area contributed by atoms with Crippen LogP contribution in [0.25, 0.3) is 0 Å². The van der Waals surface area contributed by atoms with Crippen LogP contribution in [0.15, 0.2) is 23.4 Å². The van der Waals surface area contributed by atoms with Crippen LogP contribution in [-0.4, -0.2) is 37.9 Å². The molecule has 0 aliphatic carbocycles. The van der Waals surface area contributed by atoms with E-state index in [9.17, 15) is 8.42 Å². The molecule has 1 rings (SSSR count). The lowest BCUT2D eigenvalue weighted by Crippen LogP contribution is -2.29. The highest BCUT2D eigenvalue weighted by atomic mass is 35.5. The Kier molecular flexibility index (Phi) is 4.38. The second-order valence-electron chi connectivity index (χ2n) is 3.57. The molecule has 4 N–H and O–H groups in total. The summed E-state index contributed by atoms with van der Waals surface area (Å²) in [5, 5.41) is 11.6. The van der Waals surface area contributed by atoms with E-state index in [1.165, 1.54) is 32.3 Å². The number of nitrogens with two attached hydrogens (primary N) is 1. The minimum Gasteiger partial charge on any atom is -0.409 e. The average molecular weight is 293 g/mol. The van der Waals surface area contributed by atoms with E-state index in [2.05, 4.69) is 9.88 Å². The Morgan fingerprint density at radius 2 is 2.11 bits per heavy atom. The molecular formula is C9H13ClN4O3S. The molecule has 1 aromatic carbocycles. The largest absolute Gasteiger partial charge is 0.409 e. The van der Waals surface area contributed by atoms with Crippen molar-refractivity contribution in [2.75, 3.05) is 18.8 Å². The van der Waals surface area contributed by atoms with Crippen molar-refractivity contribution in [2.24, 2.45) is 10.9 Å². The van der Waals surface area contributed by atoms with Crippen molar-refractivity contribution < 1.29 is 13.6 Å². The second-order valence-corrected chi connectivity index (χ2v) is 5.86. The van der Waals surface area contributed by atoms with Crippen LogP contribution in [0.1, 0.15) is 5.56 Å². The number of nitrogens with zero attached hydrogens (tertiary/aromatic N) is 2. The highest BCUT2D eigenvalue weighted by Gasteiger charge is 2.15. The van der Waals surface area contributed by atoms with Gasteiger partial charge in [0.15, 0.2) is 5.84 Å². The lowest BCUT2D eigenvalue weighted by Gasteiger charge is -2.15. The molecule has 0 fully saturated rings. The molecule has 0 aliphatic heterocycles. The van der Waals surface area contributed by atoms with Crippen LogP contribution in [0, 0.1) is 0 Å². The predicted octanol–water partition coefficient (Wildman–Crippen LogP) is 0.653. The third-order valence-corrected chi connectivity index (χ3v) is 3.86. The molecule has 0 unspecified atom stereocenters. The lowest BCUT2D eigenvalue weighted by atomic mass is 10.2. The molecule has 1 aromatic rings. The summed E-state index contributed by atoms with van der Waals surface area (Å²) in [6, 6.07) is 4.33. The summed E-state index contributed by atoms with van der Waals surface area (Å²) in [5.41, 5.74) is 5.90. The van der Waals surface area contributed by atoms with Crippen LogP contribution in [0.4, 0.5) is 5.69 Å². The first-order valence-corrected chi connectivity index (χ1v) is 6.57. The zero-order chi connectivity index (χ0) is 13.9. The van der Waals surface area contributed by atoms with Gasteiger partial charge in [-0.2, -0.15) is 12.7 Å². The fourth-order valence-electron chi connectivity index (χ4n) is 1.05. The van der Waals surface area contributed by atoms with Gasteiger partial charge in [-0.05, 0) is 18.2 Å². The monoisotopic (exact) mass is 292 g/mol. The summed E-state index contributed by atoms with van der Waals surface area (Å²) in [6.07, 6.45) is 0. The molecular weight excluding hydrogens is 280 g/mol. The van der Waals surface area contributed by atoms with E-state index in [0.29, 0.717) is 5.56 Å². The maximum Gasteiger partial charge on any atom is 0.301 e. The van der Waals surface area contributed by atoms with Crippen LogP contribution < -0.4 is 10.5 Å². The van der Waals surface area contributed by atoms with Crippen LogP contribution in [-0.2, 0) is 10.2 Å². The van der Waals surface area contributed by atoms with Crippen molar-refractivity contribution >= 4 is 33.3 Å². The normalized spacial score (nSPS) is 12.8. The zero-order valence-electron chi connectivity index (χ0n) is 9.75. The third-order valence-electron chi connectivity index (χ3n) is 2.09. The van der Waals surface area contributed by atoms with Gasteiger partial charge in [-0.3, -0.25) is 4.72 Å². The Morgan fingerprint density at radius 3 is 2.61 bits per heavy atom. The molecule has 7 nitrogen and oxygen atoms in total. The third kappa shape index (κ3) is 3.25. The van der Waals surface area contributed by atoms with Gasteiger partial charge in [-0.25, -0.2) is 0 Å². The molecule has 0 aliphatic rings. The van der Waals surface area contributed by atoms with Crippen LogP contribution >= 0.6 is 11.6 Å². The number of amidine groups is 1. The number of anilines is 1. The number of oxime groups is 1. The Morgan fingerprint density at radius 1 is 1.50 bits per heavy atom. The average Bonchev–Trinajstić information content (AvgIpc) is 2.30. The van der Waals surface area contributed by atoms with Gasteiger partial charge < -0.3 is 10.9 Å². The Labute approximate surface area is 110 Å². The van der Waals surface area contributed by atoms with Gasteiger partial charge in [0.2, 0.25) is 0 Å². The Hall–Kier alpha value is -1.51. The van der Waals surface area contributed by atoms with Crippen molar-refractivity contribution in [3.05, 3.63) is 28.8 Å². The van der Waals surface area contributed by atoms with E-state index in [1.54, 1.807) is 0 Å². The molecule has 0 heterocycles. The van der Waals surface area contributed by atoms with Gasteiger partial charge in [0.05, 0.1) is 10.7 Å². The van der Waals surface area contributed by atoms with Crippen molar-refractivity contribution in [2.45, 2.75) is 0 Å². The maximum atomic E-state index is 11.6. The lowest BCUT2D eigenvalue weighted by molar-refractivity contribution is 0.318. The summed E-state index contributed by atoms with van der Waals surface area (Å²) >= 11 is 5.87. The van der Waals surface area contributed by atoms with E-state index in [4.69, 9.17) is 22.5 Å². The molecule has 0 atom stereocenters. The zero-order valence-corrected chi connectivity index (χ0v) is 11.3. The van der Waals surface area contributed by atoms with E-state index in [0.717, 1.165) is 4.31 Å². The van der Waals surface area contributed by atoms with Gasteiger partial charge >= 0.3 is 10.2 Å². The molecule has 0 amide bonds. The topological polar surface area (TPSA) is 108 Å². The van der Waals surface area contributed by atoms with Crippen molar-refractivity contribution in [3.63, 3.8) is 0 Å². The highest BCUT2D eigenvalue weighted by Crippen LogP contribution is 2.24. The SMILES string of the molecule is CN(C)S(=O)(=O)Nc1cc(C(N)=NO)ccc1Cl. The van der Waals surface area contributed by atoms with Crippen molar-refractivity contribution in [3.8, 4) is 0 Å². The first-order valence-electron chi connectivity index (χ1n) is 4.75. The molecule has 9 heteroatoms. The number of hydrogen-bond acceptors (Lipinski definition) is 4. The van der Waals surface area contributed by atoms with Crippen molar-refractivity contribution in [1.82, 2.24) is 4.31 Å². The molecule has 0 saturated carbocycles. The molecule has 100 valence electrons. The van der Waals surface area contributed by atoms with E-state index in [1.807, 2.05) is 0 Å². The van der Waals surface area contributed by atoms with Crippen LogP contribution in [0.2, 0.25) is 5.02 Å². The smallest absolute Gasteiger partial charge is 0.301 e. The molecule has 0 spiro atoms. The minimum absolute atomic E-state index is 0.142. The van der Waals surface area contributed by atoms with Gasteiger partial charge in [0, 0.05) is 19.7 Å². The summed E-state index contributed by atoms with van der Waals surface area (Å²) in [4.78, 5) is 0. The van der Waals surface area contributed by atoms with E-state index < -0.39 is 10.2 Å². The van der Waals surface area contributed by atoms with Gasteiger partial charge in [-0.1, -0.05) is 16.8 Å². The number of benzene rings is 1. The minimum atomic E-state index is -3.67. The summed E-state index contributed by atoms with van der Waals surface area (Å²) < 4.78 is 26.6. The van der Waals surface area contributed by atoms with Gasteiger partial charge in [0.1, 0.15) is 0 Å². The quantitative estimate of drug-likeness (QED) is 0.328. The molecule has 0 bridgehead atoms.